The largest absolute Gasteiger partial charge is 0.491 e. The summed E-state index contributed by atoms with van der Waals surface area (Å²) in [6.07, 6.45) is 5.32. The van der Waals surface area contributed by atoms with Gasteiger partial charge < -0.3 is 15.2 Å². The number of amides is 2. The third kappa shape index (κ3) is 4.14. The Morgan fingerprint density at radius 3 is 2.73 bits per heavy atom. The number of piperidine rings is 1. The van der Waals surface area contributed by atoms with Crippen molar-refractivity contribution in [1.82, 2.24) is 9.88 Å². The number of benzene rings is 1. The minimum Gasteiger partial charge on any atom is -0.491 e. The third-order valence-electron chi connectivity index (χ3n) is 8.47. The van der Waals surface area contributed by atoms with Gasteiger partial charge in [0.15, 0.2) is 0 Å². The fourth-order valence-electron chi connectivity index (χ4n) is 6.39. The van der Waals surface area contributed by atoms with Crippen LogP contribution in [0.5, 0.6) is 5.75 Å². The number of carbonyl (C=O) groups excluding carboxylic acids is 2. The van der Waals surface area contributed by atoms with Crippen molar-refractivity contribution in [3.05, 3.63) is 47.2 Å². The second-order valence-electron chi connectivity index (χ2n) is 11.1. The van der Waals surface area contributed by atoms with Gasteiger partial charge in [0, 0.05) is 24.7 Å². The maximum absolute atomic E-state index is 12.9. The fraction of sp³-hybridized carbons (Fsp3) is 0.500. The van der Waals surface area contributed by atoms with Crippen LogP contribution >= 0.6 is 0 Å². The first-order valence-electron chi connectivity index (χ1n) is 13.0. The molecule has 2 N–H and O–H groups in total. The average molecular weight is 502 g/mol. The summed E-state index contributed by atoms with van der Waals surface area (Å²) in [7, 11) is 0. The topological polar surface area (TPSA) is 119 Å². The highest BCUT2D eigenvalue weighted by Crippen LogP contribution is 2.45. The summed E-state index contributed by atoms with van der Waals surface area (Å²) in [6, 6.07) is 9.60. The molecular formula is C28H31N5O4. The minimum atomic E-state index is -0.704. The smallest absolute Gasteiger partial charge is 0.235 e. The molecule has 9 heteroatoms. The van der Waals surface area contributed by atoms with Crippen LogP contribution in [-0.2, 0) is 21.4 Å². The second kappa shape index (κ2) is 8.82. The Morgan fingerprint density at radius 2 is 2.00 bits per heavy atom. The molecule has 2 fully saturated rings. The molecule has 192 valence electrons. The van der Waals surface area contributed by atoms with Crippen molar-refractivity contribution in [3.63, 3.8) is 0 Å². The molecule has 0 unspecified atom stereocenters. The zero-order valence-electron chi connectivity index (χ0n) is 21.0. The van der Waals surface area contributed by atoms with Crippen LogP contribution in [-0.4, -0.2) is 64.7 Å². The van der Waals surface area contributed by atoms with Crippen LogP contribution in [0.1, 0.15) is 55.7 Å². The van der Waals surface area contributed by atoms with Crippen LogP contribution in [0.4, 0.5) is 11.5 Å². The normalized spacial score (nSPS) is 26.2. The zero-order chi connectivity index (χ0) is 25.8. The van der Waals surface area contributed by atoms with Crippen LogP contribution < -0.4 is 15.0 Å². The lowest BCUT2D eigenvalue weighted by Gasteiger charge is -2.47. The van der Waals surface area contributed by atoms with Gasteiger partial charge in [-0.25, -0.2) is 4.98 Å². The third-order valence-corrected chi connectivity index (χ3v) is 8.47. The number of hydrogen-bond donors (Lipinski definition) is 2. The van der Waals surface area contributed by atoms with E-state index >= 15 is 0 Å². The summed E-state index contributed by atoms with van der Waals surface area (Å²) < 4.78 is 6.03. The number of likely N-dealkylation sites (tertiary alicyclic amines) is 1. The van der Waals surface area contributed by atoms with Crippen molar-refractivity contribution in [2.75, 3.05) is 36.5 Å². The first kappa shape index (κ1) is 23.9. The van der Waals surface area contributed by atoms with Crippen LogP contribution in [0.2, 0.25) is 0 Å². The van der Waals surface area contributed by atoms with E-state index in [-0.39, 0.29) is 17.9 Å². The van der Waals surface area contributed by atoms with E-state index in [9.17, 15) is 20.0 Å². The molecule has 2 aromatic rings. The van der Waals surface area contributed by atoms with E-state index in [1.165, 1.54) is 0 Å². The maximum Gasteiger partial charge on any atom is 0.235 e. The van der Waals surface area contributed by atoms with Gasteiger partial charge in [-0.2, -0.15) is 5.26 Å². The predicted octanol–water partition coefficient (Wildman–Crippen LogP) is 2.51. The Labute approximate surface area is 216 Å². The van der Waals surface area contributed by atoms with Crippen molar-refractivity contribution in [1.29, 1.82) is 5.26 Å². The molecule has 2 amide bonds. The number of nitriles is 1. The number of ether oxygens (including phenoxy) is 1. The minimum absolute atomic E-state index is 0.00335. The highest BCUT2D eigenvalue weighted by atomic mass is 16.5. The van der Waals surface area contributed by atoms with Crippen molar-refractivity contribution < 1.29 is 19.4 Å². The molecule has 1 saturated heterocycles. The van der Waals surface area contributed by atoms with E-state index in [1.807, 2.05) is 18.2 Å². The van der Waals surface area contributed by atoms with Crippen LogP contribution in [0.3, 0.4) is 0 Å². The van der Waals surface area contributed by atoms with Crippen LogP contribution in [0.15, 0.2) is 30.5 Å². The number of hydrogen-bond acceptors (Lipinski definition) is 7. The van der Waals surface area contributed by atoms with Gasteiger partial charge >= 0.3 is 0 Å². The number of nitrogens with one attached hydrogen (secondary N) is 1. The zero-order valence-corrected chi connectivity index (χ0v) is 21.0. The molecule has 1 aromatic heterocycles. The summed E-state index contributed by atoms with van der Waals surface area (Å²) in [5.74, 6) is 1.49. The molecule has 3 aliphatic heterocycles. The molecular weight excluding hydrogens is 470 g/mol. The van der Waals surface area contributed by atoms with Crippen LogP contribution in [0, 0.1) is 11.3 Å². The molecule has 0 atom stereocenters. The SMILES string of the molecule is CC1(O)CC(N2C(=O)CCc3cc(OCCN4CCC5(CC4)C(=O)Nc4ccc(C#N)cc45)cnc32)C1. The van der Waals surface area contributed by atoms with E-state index in [0.717, 1.165) is 36.4 Å². The number of pyridine rings is 1. The van der Waals surface area contributed by atoms with Gasteiger partial charge in [-0.1, -0.05) is 0 Å². The molecule has 0 bridgehead atoms. The first-order valence-corrected chi connectivity index (χ1v) is 13.0. The molecule has 1 aromatic carbocycles. The number of aromatic nitrogens is 1. The number of nitrogens with zero attached hydrogens (tertiary/aromatic N) is 4. The van der Waals surface area contributed by atoms with Crippen molar-refractivity contribution in [3.8, 4) is 11.8 Å². The van der Waals surface area contributed by atoms with Crippen molar-refractivity contribution in [2.24, 2.45) is 0 Å². The highest BCUT2D eigenvalue weighted by molar-refractivity contribution is 6.06. The Balaban J connectivity index is 1.05. The number of anilines is 2. The van der Waals surface area contributed by atoms with E-state index in [4.69, 9.17) is 4.74 Å². The van der Waals surface area contributed by atoms with Gasteiger partial charge in [0.25, 0.3) is 0 Å². The fourth-order valence-corrected chi connectivity index (χ4v) is 6.39. The van der Waals surface area contributed by atoms with E-state index in [2.05, 4.69) is 21.3 Å². The summed E-state index contributed by atoms with van der Waals surface area (Å²) in [6.45, 7) is 4.59. The monoisotopic (exact) mass is 501 g/mol. The average Bonchev–Trinajstić information content (AvgIpc) is 3.14. The van der Waals surface area contributed by atoms with Gasteiger partial charge in [0.1, 0.15) is 18.2 Å². The van der Waals surface area contributed by atoms with Crippen LogP contribution in [0.25, 0.3) is 0 Å². The molecule has 1 aliphatic carbocycles. The molecule has 0 radical (unpaired) electrons. The number of rotatable bonds is 5. The molecule has 9 nitrogen and oxygen atoms in total. The summed E-state index contributed by atoms with van der Waals surface area (Å²) >= 11 is 0. The molecule has 6 rings (SSSR count). The Bertz CT molecular complexity index is 1300. The number of aryl methyl sites for hydroxylation is 1. The lowest BCUT2D eigenvalue weighted by molar-refractivity contribution is -0.123. The Kier molecular flexibility index (Phi) is 5.70. The quantitative estimate of drug-likeness (QED) is 0.646. The van der Waals surface area contributed by atoms with Crippen molar-refractivity contribution in [2.45, 2.75) is 62.5 Å². The second-order valence-corrected chi connectivity index (χ2v) is 11.1. The lowest BCUT2D eigenvalue weighted by atomic mass is 9.73. The predicted molar refractivity (Wildman–Crippen MR) is 136 cm³/mol. The maximum atomic E-state index is 12.9. The molecule has 37 heavy (non-hydrogen) atoms. The Morgan fingerprint density at radius 1 is 1.22 bits per heavy atom. The molecule has 1 spiro atoms. The molecule has 4 aliphatic rings. The number of fused-ring (bicyclic) bond motifs is 3. The van der Waals surface area contributed by atoms with Crippen molar-refractivity contribution >= 4 is 23.3 Å². The number of carbonyl (C=O) groups is 2. The first-order chi connectivity index (χ1) is 17.8. The summed E-state index contributed by atoms with van der Waals surface area (Å²) in [4.78, 5) is 34.1. The van der Waals surface area contributed by atoms with Gasteiger partial charge in [0.2, 0.25) is 11.8 Å². The lowest BCUT2D eigenvalue weighted by Crippen LogP contribution is -2.57. The summed E-state index contributed by atoms with van der Waals surface area (Å²) in [5, 5.41) is 22.4. The molecule has 4 heterocycles. The van der Waals surface area contributed by atoms with E-state index in [0.29, 0.717) is 62.3 Å². The van der Waals surface area contributed by atoms with Gasteiger partial charge in [-0.05, 0) is 87.5 Å². The number of aliphatic hydroxyl groups is 1. The van der Waals surface area contributed by atoms with E-state index in [1.54, 1.807) is 24.1 Å². The van der Waals surface area contributed by atoms with Gasteiger partial charge in [0.05, 0.1) is 28.8 Å². The Hall–Kier alpha value is -3.48. The highest BCUT2D eigenvalue weighted by Gasteiger charge is 2.48. The standard InChI is InChI=1S/C28H31N5O4/c1-27(36)14-20(15-27)33-24(34)5-3-19-13-21(17-30-25(19)33)37-11-10-32-8-6-28(7-9-32)22-12-18(16-29)2-4-23(22)31-26(28)35/h2,4,12-13,17,20,36H,3,5-11,14-15H2,1H3,(H,31,35). The van der Waals surface area contributed by atoms with Gasteiger partial charge in [-0.3, -0.25) is 19.4 Å². The summed E-state index contributed by atoms with van der Waals surface area (Å²) in [5.41, 5.74) is 2.10. The molecule has 1 saturated carbocycles. The van der Waals surface area contributed by atoms with E-state index < -0.39 is 11.0 Å². The van der Waals surface area contributed by atoms with Gasteiger partial charge in [-0.15, -0.1) is 0 Å².